The molecule has 0 saturated heterocycles. The monoisotopic (exact) mass is 260 g/mol. The molecule has 0 spiro atoms. The molecule has 2 rings (SSSR count). The molecule has 84 valence electrons. The molecule has 0 fully saturated rings. The molecule has 0 saturated carbocycles. The molecule has 0 heterocycles. The van der Waals surface area contributed by atoms with Crippen LogP contribution in [0.5, 0.6) is 5.75 Å². The van der Waals surface area contributed by atoms with Crippen LogP contribution in [-0.2, 0) is 10.1 Å². The maximum atomic E-state index is 10.9. The largest absolute Gasteiger partial charge is 1.00 e. The number of rotatable bonds is 1. The van der Waals surface area contributed by atoms with Gasteiger partial charge in [-0.3, -0.25) is 0 Å². The first-order valence-corrected chi connectivity index (χ1v) is 5.98. The van der Waals surface area contributed by atoms with Crippen molar-refractivity contribution in [3.63, 3.8) is 0 Å². The molecule has 0 aliphatic rings. The fourth-order valence-corrected chi connectivity index (χ4v) is 2.09. The van der Waals surface area contributed by atoms with Gasteiger partial charge in [-0.25, -0.2) is 8.42 Å². The number of phenols is 1. The van der Waals surface area contributed by atoms with Gasteiger partial charge in [0.1, 0.15) is 15.9 Å². The molecule has 0 aliphatic heterocycles. The molecular weight excluding hydrogens is 251 g/mol. The Morgan fingerprint density at radius 3 is 2.35 bits per heavy atom. The van der Waals surface area contributed by atoms with E-state index in [2.05, 4.69) is 0 Å². The zero-order valence-corrected chi connectivity index (χ0v) is 12.3. The molecule has 2 aromatic rings. The molecular formula is C11H9NaO4S. The van der Waals surface area contributed by atoms with E-state index >= 15 is 0 Å². The maximum absolute atomic E-state index is 10.9. The first kappa shape index (κ1) is 14.5. The van der Waals surface area contributed by atoms with Gasteiger partial charge < -0.3 is 9.66 Å². The van der Waals surface area contributed by atoms with Crippen LogP contribution in [0.4, 0.5) is 0 Å². The Bertz CT molecular complexity index is 664. The summed E-state index contributed by atoms with van der Waals surface area (Å²) in [6.45, 7) is 1.67. The third-order valence-electron chi connectivity index (χ3n) is 2.52. The van der Waals surface area contributed by atoms with E-state index in [1.807, 2.05) is 0 Å². The second-order valence-electron chi connectivity index (χ2n) is 3.55. The third kappa shape index (κ3) is 2.81. The Morgan fingerprint density at radius 2 is 1.76 bits per heavy atom. The number of fused-ring (bicyclic) bond motifs is 1. The molecule has 0 unspecified atom stereocenters. The summed E-state index contributed by atoms with van der Waals surface area (Å²) in [7, 11) is -4.46. The van der Waals surface area contributed by atoms with Crippen molar-refractivity contribution in [3.05, 3.63) is 35.9 Å². The summed E-state index contributed by atoms with van der Waals surface area (Å²) in [5.74, 6) is 0.0768. The Balaban J connectivity index is 0.00000144. The van der Waals surface area contributed by atoms with E-state index in [0.29, 0.717) is 10.9 Å². The predicted octanol–water partition coefficient (Wildman–Crippen LogP) is -1.24. The van der Waals surface area contributed by atoms with Crippen LogP contribution in [0.2, 0.25) is 0 Å². The van der Waals surface area contributed by atoms with Gasteiger partial charge >= 0.3 is 29.6 Å². The van der Waals surface area contributed by atoms with Crippen LogP contribution in [0.3, 0.4) is 0 Å². The van der Waals surface area contributed by atoms with Gasteiger partial charge in [0.2, 0.25) is 0 Å². The molecule has 0 aliphatic carbocycles. The average Bonchev–Trinajstić information content (AvgIpc) is 2.22. The van der Waals surface area contributed by atoms with Crippen LogP contribution in [0.1, 0.15) is 5.56 Å². The first-order chi connectivity index (χ1) is 7.39. The summed E-state index contributed by atoms with van der Waals surface area (Å²) < 4.78 is 32.6. The quantitative estimate of drug-likeness (QED) is 0.514. The van der Waals surface area contributed by atoms with Gasteiger partial charge in [0.15, 0.2) is 0 Å². The van der Waals surface area contributed by atoms with Crippen molar-refractivity contribution in [2.75, 3.05) is 0 Å². The second kappa shape index (κ2) is 4.96. The Hall–Kier alpha value is -0.590. The molecule has 1 N–H and O–H groups in total. The Kier molecular flexibility index (Phi) is 4.22. The Morgan fingerprint density at radius 1 is 1.18 bits per heavy atom. The second-order valence-corrected chi connectivity index (χ2v) is 4.93. The fourth-order valence-electron chi connectivity index (χ4n) is 1.59. The number of aromatic hydroxyl groups is 1. The van der Waals surface area contributed by atoms with Gasteiger partial charge in [0, 0.05) is 0 Å². The number of aryl methyl sites for hydroxylation is 1. The van der Waals surface area contributed by atoms with Crippen molar-refractivity contribution in [1.29, 1.82) is 0 Å². The van der Waals surface area contributed by atoms with Crippen molar-refractivity contribution in [2.24, 2.45) is 0 Å². The van der Waals surface area contributed by atoms with E-state index in [1.54, 1.807) is 19.1 Å². The van der Waals surface area contributed by atoms with Gasteiger partial charge in [-0.05, 0) is 41.5 Å². The molecule has 6 heteroatoms. The minimum absolute atomic E-state index is 0. The average molecular weight is 260 g/mol. The molecule has 0 bridgehead atoms. The Labute approximate surface area is 121 Å². The molecule has 0 radical (unpaired) electrons. The van der Waals surface area contributed by atoms with Gasteiger partial charge in [-0.15, -0.1) is 0 Å². The normalized spacial score (nSPS) is 11.2. The van der Waals surface area contributed by atoms with E-state index in [4.69, 9.17) is 0 Å². The summed E-state index contributed by atoms with van der Waals surface area (Å²) >= 11 is 0. The van der Waals surface area contributed by atoms with Crippen molar-refractivity contribution >= 4 is 20.9 Å². The van der Waals surface area contributed by atoms with E-state index in [1.165, 1.54) is 18.2 Å². The summed E-state index contributed by atoms with van der Waals surface area (Å²) in [4.78, 5) is -0.284. The van der Waals surface area contributed by atoms with Crippen molar-refractivity contribution < 1.29 is 47.6 Å². The van der Waals surface area contributed by atoms with Gasteiger partial charge in [0.25, 0.3) is 0 Å². The molecule has 17 heavy (non-hydrogen) atoms. The number of hydrogen-bond acceptors (Lipinski definition) is 4. The number of benzene rings is 2. The standard InChI is InChI=1S/C11H10O4S.Na/c1-7-10-6-9(16(13,14)15)4-2-8(10)3-5-11(7)12;/h2-6,12H,1H3,(H,13,14,15);/q;+1/p-1. The van der Waals surface area contributed by atoms with Crippen LogP contribution < -0.4 is 29.6 Å². The van der Waals surface area contributed by atoms with E-state index in [0.717, 1.165) is 5.39 Å². The minimum Gasteiger partial charge on any atom is -0.744 e. The van der Waals surface area contributed by atoms with E-state index in [9.17, 15) is 18.1 Å². The van der Waals surface area contributed by atoms with Crippen molar-refractivity contribution in [3.8, 4) is 5.75 Å². The van der Waals surface area contributed by atoms with Gasteiger partial charge in [-0.2, -0.15) is 0 Å². The molecule has 0 amide bonds. The van der Waals surface area contributed by atoms with Crippen molar-refractivity contribution in [1.82, 2.24) is 0 Å². The molecule has 2 aromatic carbocycles. The molecule has 0 aromatic heterocycles. The predicted molar refractivity (Wildman–Crippen MR) is 58.3 cm³/mol. The van der Waals surface area contributed by atoms with E-state index < -0.39 is 10.1 Å². The topological polar surface area (TPSA) is 77.4 Å². The van der Waals surface area contributed by atoms with Crippen LogP contribution in [-0.4, -0.2) is 18.1 Å². The summed E-state index contributed by atoms with van der Waals surface area (Å²) in [6, 6.07) is 7.29. The van der Waals surface area contributed by atoms with Gasteiger partial charge in [-0.1, -0.05) is 12.1 Å². The third-order valence-corrected chi connectivity index (χ3v) is 3.35. The minimum atomic E-state index is -4.46. The SMILES string of the molecule is Cc1c(O)ccc2ccc(S(=O)(=O)[O-])cc12.[Na+]. The van der Waals surface area contributed by atoms with Crippen LogP contribution in [0.15, 0.2) is 35.2 Å². The van der Waals surface area contributed by atoms with E-state index in [-0.39, 0.29) is 40.2 Å². The first-order valence-electron chi connectivity index (χ1n) is 4.58. The smallest absolute Gasteiger partial charge is 0.744 e. The van der Waals surface area contributed by atoms with Crippen LogP contribution >= 0.6 is 0 Å². The zero-order chi connectivity index (χ0) is 11.9. The van der Waals surface area contributed by atoms with Crippen LogP contribution in [0.25, 0.3) is 10.8 Å². The fraction of sp³-hybridized carbons (Fsp3) is 0.0909. The summed E-state index contributed by atoms with van der Waals surface area (Å²) in [6.07, 6.45) is 0. The maximum Gasteiger partial charge on any atom is 1.00 e. The van der Waals surface area contributed by atoms with Gasteiger partial charge in [0.05, 0.1) is 4.90 Å². The molecule has 0 atom stereocenters. The number of phenolic OH excluding ortho intramolecular Hbond substituents is 1. The zero-order valence-electron chi connectivity index (χ0n) is 9.47. The molecule has 4 nitrogen and oxygen atoms in total. The van der Waals surface area contributed by atoms with Crippen molar-refractivity contribution in [2.45, 2.75) is 11.8 Å². The summed E-state index contributed by atoms with van der Waals surface area (Å²) in [5, 5.41) is 10.8. The van der Waals surface area contributed by atoms with Crippen LogP contribution in [0, 0.1) is 6.92 Å². The number of hydrogen-bond donors (Lipinski definition) is 1. The summed E-state index contributed by atoms with van der Waals surface area (Å²) in [5.41, 5.74) is 0.558.